The van der Waals surface area contributed by atoms with E-state index in [9.17, 15) is 18.0 Å². The second kappa shape index (κ2) is 7.29. The molecule has 134 valence electrons. The Morgan fingerprint density at radius 3 is 2.46 bits per heavy atom. The van der Waals surface area contributed by atoms with Crippen molar-refractivity contribution in [1.29, 1.82) is 0 Å². The van der Waals surface area contributed by atoms with Gasteiger partial charge in [0.15, 0.2) is 0 Å². The molecule has 0 fully saturated rings. The van der Waals surface area contributed by atoms with Gasteiger partial charge in [0.1, 0.15) is 5.01 Å². The lowest BCUT2D eigenvalue weighted by atomic mass is 10.0. The van der Waals surface area contributed by atoms with Gasteiger partial charge in [0.25, 0.3) is 0 Å². The van der Waals surface area contributed by atoms with Crippen LogP contribution in [-0.4, -0.2) is 16.1 Å². The Hall–Kier alpha value is -2.67. The molecule has 0 unspecified atom stereocenters. The summed E-state index contributed by atoms with van der Waals surface area (Å²) in [4.78, 5) is 15.4. The smallest absolute Gasteiger partial charge is 0.416 e. The molecular weight excluding hydrogens is 363 g/mol. The number of allylic oxidation sites excluding steroid dienone is 1. The zero-order valence-electron chi connectivity index (χ0n) is 13.5. The first-order chi connectivity index (χ1) is 12.3. The minimum Gasteiger partial charge on any atom is -0.481 e. The molecule has 0 aliphatic rings. The molecule has 0 amide bonds. The number of thiazole rings is 1. The zero-order chi connectivity index (χ0) is 18.7. The number of fused-ring (bicyclic) bond motifs is 1. The van der Waals surface area contributed by atoms with E-state index in [0.29, 0.717) is 10.6 Å². The van der Waals surface area contributed by atoms with Crippen LogP contribution in [0.5, 0.6) is 0 Å². The lowest BCUT2D eigenvalue weighted by molar-refractivity contribution is -0.138. The van der Waals surface area contributed by atoms with Crippen LogP contribution in [0.1, 0.15) is 29.0 Å². The highest BCUT2D eigenvalue weighted by Crippen LogP contribution is 2.36. The summed E-state index contributed by atoms with van der Waals surface area (Å²) >= 11 is 1.34. The van der Waals surface area contributed by atoms with Gasteiger partial charge in [-0.25, -0.2) is 4.98 Å². The number of nitrogens with zero attached hydrogens (tertiary/aromatic N) is 1. The normalized spacial score (nSPS) is 12.5. The third-order valence-electron chi connectivity index (χ3n) is 3.77. The lowest BCUT2D eigenvalue weighted by Gasteiger charge is -2.11. The molecule has 0 aliphatic carbocycles. The SMILES string of the molecule is O=C(O)CC/C(=C\c1ccccc1C(F)(F)F)c1nc2ccccc2s1. The summed E-state index contributed by atoms with van der Waals surface area (Å²) in [5.41, 5.74) is 0.455. The van der Waals surface area contributed by atoms with Crippen molar-refractivity contribution in [1.82, 2.24) is 4.98 Å². The van der Waals surface area contributed by atoms with Gasteiger partial charge >= 0.3 is 12.1 Å². The summed E-state index contributed by atoms with van der Waals surface area (Å²) in [7, 11) is 0. The minimum absolute atomic E-state index is 0.000329. The summed E-state index contributed by atoms with van der Waals surface area (Å²) < 4.78 is 40.6. The lowest BCUT2D eigenvalue weighted by Crippen LogP contribution is -2.07. The number of halogens is 3. The number of para-hydroxylation sites is 1. The summed E-state index contributed by atoms with van der Waals surface area (Å²) in [6.07, 6.45) is -3.18. The maximum Gasteiger partial charge on any atom is 0.416 e. The fourth-order valence-corrected chi connectivity index (χ4v) is 3.57. The fourth-order valence-electron chi connectivity index (χ4n) is 2.56. The highest BCUT2D eigenvalue weighted by molar-refractivity contribution is 7.19. The molecule has 3 rings (SSSR count). The number of carboxylic acid groups (broad SMARTS) is 1. The Morgan fingerprint density at radius 1 is 1.08 bits per heavy atom. The molecular formula is C19H14F3NO2S. The van der Waals surface area contributed by atoms with Crippen LogP contribution in [0.3, 0.4) is 0 Å². The van der Waals surface area contributed by atoms with Crippen LogP contribution in [-0.2, 0) is 11.0 Å². The van der Waals surface area contributed by atoms with Crippen molar-refractivity contribution in [3.05, 3.63) is 64.7 Å². The van der Waals surface area contributed by atoms with Gasteiger partial charge in [-0.1, -0.05) is 30.3 Å². The molecule has 0 spiro atoms. The zero-order valence-corrected chi connectivity index (χ0v) is 14.3. The van der Waals surface area contributed by atoms with Crippen LogP contribution in [0.15, 0.2) is 48.5 Å². The molecule has 0 aliphatic heterocycles. The first kappa shape index (κ1) is 18.1. The molecule has 0 atom stereocenters. The summed E-state index contributed by atoms with van der Waals surface area (Å²) in [6.45, 7) is 0. The van der Waals surface area contributed by atoms with Crippen LogP contribution < -0.4 is 0 Å². The van der Waals surface area contributed by atoms with Crippen molar-refractivity contribution >= 4 is 39.2 Å². The van der Waals surface area contributed by atoms with Gasteiger partial charge in [-0.3, -0.25) is 4.79 Å². The third kappa shape index (κ3) is 4.11. The molecule has 1 N–H and O–H groups in total. The maximum atomic E-state index is 13.2. The van der Waals surface area contributed by atoms with Gasteiger partial charge in [-0.2, -0.15) is 13.2 Å². The molecule has 1 aromatic heterocycles. The topological polar surface area (TPSA) is 50.2 Å². The minimum atomic E-state index is -4.49. The number of aliphatic carboxylic acids is 1. The number of hydrogen-bond donors (Lipinski definition) is 1. The van der Waals surface area contributed by atoms with E-state index in [4.69, 9.17) is 5.11 Å². The van der Waals surface area contributed by atoms with E-state index < -0.39 is 17.7 Å². The first-order valence-electron chi connectivity index (χ1n) is 7.79. The third-order valence-corrected chi connectivity index (χ3v) is 4.88. The number of alkyl halides is 3. The van der Waals surface area contributed by atoms with Gasteiger partial charge in [-0.05, 0) is 41.8 Å². The Kier molecular flexibility index (Phi) is 5.08. The summed E-state index contributed by atoms with van der Waals surface area (Å²) in [5, 5.41) is 9.51. The highest BCUT2D eigenvalue weighted by Gasteiger charge is 2.32. The number of rotatable bonds is 5. The second-order valence-corrected chi connectivity index (χ2v) is 6.67. The predicted octanol–water partition coefficient (Wildman–Crippen LogP) is 5.72. The maximum absolute atomic E-state index is 13.2. The van der Waals surface area contributed by atoms with Crippen LogP contribution in [0, 0.1) is 0 Å². The first-order valence-corrected chi connectivity index (χ1v) is 8.61. The average Bonchev–Trinajstić information content (AvgIpc) is 3.01. The number of carboxylic acids is 1. The largest absolute Gasteiger partial charge is 0.481 e. The quantitative estimate of drug-likeness (QED) is 0.619. The van der Waals surface area contributed by atoms with Crippen molar-refractivity contribution in [2.45, 2.75) is 19.0 Å². The Balaban J connectivity index is 2.09. The molecule has 3 nitrogen and oxygen atoms in total. The van der Waals surface area contributed by atoms with Crippen LogP contribution in [0.4, 0.5) is 13.2 Å². The monoisotopic (exact) mass is 377 g/mol. The summed E-state index contributed by atoms with van der Waals surface area (Å²) in [6, 6.07) is 12.6. The van der Waals surface area contributed by atoms with E-state index in [1.54, 1.807) is 0 Å². The van der Waals surface area contributed by atoms with E-state index in [2.05, 4.69) is 4.98 Å². The summed E-state index contributed by atoms with van der Waals surface area (Å²) in [5.74, 6) is -1.01. The van der Waals surface area contributed by atoms with Gasteiger partial charge in [-0.15, -0.1) is 11.3 Å². The Bertz CT molecular complexity index is 943. The molecule has 0 bridgehead atoms. The van der Waals surface area contributed by atoms with Crippen molar-refractivity contribution in [3.63, 3.8) is 0 Å². The van der Waals surface area contributed by atoms with E-state index in [1.807, 2.05) is 24.3 Å². The van der Waals surface area contributed by atoms with E-state index in [-0.39, 0.29) is 18.4 Å². The number of carbonyl (C=O) groups is 1. The van der Waals surface area contributed by atoms with Gasteiger partial charge in [0.05, 0.1) is 15.8 Å². The Labute approximate surface area is 151 Å². The number of hydrogen-bond acceptors (Lipinski definition) is 3. The predicted molar refractivity (Wildman–Crippen MR) is 95.8 cm³/mol. The van der Waals surface area contributed by atoms with Crippen molar-refractivity contribution in [3.8, 4) is 0 Å². The molecule has 3 aromatic rings. The van der Waals surface area contributed by atoms with Gasteiger partial charge in [0.2, 0.25) is 0 Å². The highest BCUT2D eigenvalue weighted by atomic mass is 32.1. The molecule has 0 saturated heterocycles. The van der Waals surface area contributed by atoms with Gasteiger partial charge < -0.3 is 5.11 Å². The second-order valence-electron chi connectivity index (χ2n) is 5.64. The van der Waals surface area contributed by atoms with Crippen molar-refractivity contribution in [2.24, 2.45) is 0 Å². The molecule has 1 heterocycles. The van der Waals surface area contributed by atoms with Crippen LogP contribution >= 0.6 is 11.3 Å². The van der Waals surface area contributed by atoms with Crippen LogP contribution in [0.25, 0.3) is 21.9 Å². The molecule has 7 heteroatoms. The van der Waals surface area contributed by atoms with Crippen molar-refractivity contribution < 1.29 is 23.1 Å². The number of aromatic nitrogens is 1. The number of benzene rings is 2. The van der Waals surface area contributed by atoms with Crippen LogP contribution in [0.2, 0.25) is 0 Å². The van der Waals surface area contributed by atoms with E-state index >= 15 is 0 Å². The van der Waals surface area contributed by atoms with E-state index in [0.717, 1.165) is 16.3 Å². The average molecular weight is 377 g/mol. The van der Waals surface area contributed by atoms with E-state index in [1.165, 1.54) is 35.6 Å². The standard InChI is InChI=1S/C19H14F3NO2S/c20-19(21,22)14-6-2-1-5-12(14)11-13(9-10-17(24)25)18-23-15-7-3-4-8-16(15)26-18/h1-8,11H,9-10H2,(H,24,25)/b13-11+. The Morgan fingerprint density at radius 2 is 1.77 bits per heavy atom. The molecule has 0 saturated carbocycles. The van der Waals surface area contributed by atoms with Gasteiger partial charge in [0, 0.05) is 6.42 Å². The molecule has 2 aromatic carbocycles. The fraction of sp³-hybridized carbons (Fsp3) is 0.158. The molecule has 26 heavy (non-hydrogen) atoms. The molecule has 0 radical (unpaired) electrons. The van der Waals surface area contributed by atoms with Crippen molar-refractivity contribution in [2.75, 3.05) is 0 Å².